The largest absolute Gasteiger partial charge is 0.491 e. The molecule has 1 aliphatic carbocycles. The second kappa shape index (κ2) is 8.70. The van der Waals surface area contributed by atoms with Gasteiger partial charge in [0.2, 0.25) is 0 Å². The lowest BCUT2D eigenvalue weighted by Gasteiger charge is -2.30. The number of fused-ring (bicyclic) bond motifs is 1. The van der Waals surface area contributed by atoms with Crippen LogP contribution in [0.3, 0.4) is 0 Å². The number of hydrogen-bond acceptors (Lipinski definition) is 4. The predicted molar refractivity (Wildman–Crippen MR) is 108 cm³/mol. The van der Waals surface area contributed by atoms with Crippen molar-refractivity contribution in [1.29, 1.82) is 0 Å². The lowest BCUT2D eigenvalue weighted by Crippen LogP contribution is -2.44. The fourth-order valence-corrected chi connectivity index (χ4v) is 3.69. The standard InChI is InChI=1S/C22H30N2O3/c1-16(2)15-27-19-11-10-18(17-9-8-14-23-20(17)19)24-21(25)22(26-3)12-6-4-5-7-13-22/h8-11,14,16H,4-7,12-13,15H2,1-3H3,(H,24,25). The van der Waals surface area contributed by atoms with E-state index < -0.39 is 5.60 Å². The van der Waals surface area contributed by atoms with Crippen molar-refractivity contribution in [3.8, 4) is 5.75 Å². The van der Waals surface area contributed by atoms with Crippen LogP contribution >= 0.6 is 0 Å². The number of methoxy groups -OCH3 is 1. The summed E-state index contributed by atoms with van der Waals surface area (Å²) < 4.78 is 11.7. The molecule has 0 unspecified atom stereocenters. The number of amides is 1. The zero-order chi connectivity index (χ0) is 19.3. The minimum absolute atomic E-state index is 0.0621. The van der Waals surface area contributed by atoms with Crippen molar-refractivity contribution in [2.75, 3.05) is 19.0 Å². The molecule has 27 heavy (non-hydrogen) atoms. The molecule has 5 heteroatoms. The normalized spacial score (nSPS) is 16.9. The molecule has 0 aliphatic heterocycles. The van der Waals surface area contributed by atoms with E-state index in [1.807, 2.05) is 24.3 Å². The van der Waals surface area contributed by atoms with Gasteiger partial charge >= 0.3 is 0 Å². The van der Waals surface area contributed by atoms with Crippen molar-refractivity contribution in [1.82, 2.24) is 4.98 Å². The second-order valence-corrected chi connectivity index (χ2v) is 7.78. The topological polar surface area (TPSA) is 60.5 Å². The minimum atomic E-state index is -0.738. The molecule has 3 rings (SSSR count). The van der Waals surface area contributed by atoms with Crippen molar-refractivity contribution >= 4 is 22.5 Å². The van der Waals surface area contributed by atoms with Gasteiger partial charge < -0.3 is 14.8 Å². The van der Waals surface area contributed by atoms with E-state index in [4.69, 9.17) is 9.47 Å². The van der Waals surface area contributed by atoms with Crippen LogP contribution < -0.4 is 10.1 Å². The van der Waals surface area contributed by atoms with Crippen LogP contribution in [-0.2, 0) is 9.53 Å². The van der Waals surface area contributed by atoms with Gasteiger partial charge in [-0.05, 0) is 43.0 Å². The highest BCUT2D eigenvalue weighted by molar-refractivity contribution is 6.05. The number of aromatic nitrogens is 1. The van der Waals surface area contributed by atoms with Crippen LogP contribution in [-0.4, -0.2) is 30.2 Å². The molecule has 1 N–H and O–H groups in total. The van der Waals surface area contributed by atoms with Gasteiger partial charge in [0.25, 0.3) is 5.91 Å². The van der Waals surface area contributed by atoms with Crippen LogP contribution in [0.15, 0.2) is 30.5 Å². The number of nitrogens with zero attached hydrogens (tertiary/aromatic N) is 1. The fraction of sp³-hybridized carbons (Fsp3) is 0.545. The number of ether oxygens (including phenoxy) is 2. The van der Waals surface area contributed by atoms with Crippen molar-refractivity contribution in [2.45, 2.75) is 58.0 Å². The van der Waals surface area contributed by atoms with Gasteiger partial charge in [-0.15, -0.1) is 0 Å². The van der Waals surface area contributed by atoms with Crippen LogP contribution in [0.2, 0.25) is 0 Å². The summed E-state index contributed by atoms with van der Waals surface area (Å²) >= 11 is 0. The summed E-state index contributed by atoms with van der Waals surface area (Å²) in [6, 6.07) is 7.63. The molecule has 0 saturated heterocycles. The van der Waals surface area contributed by atoms with Gasteiger partial charge in [0.15, 0.2) is 0 Å². The molecule has 5 nitrogen and oxygen atoms in total. The zero-order valence-corrected chi connectivity index (χ0v) is 16.6. The quantitative estimate of drug-likeness (QED) is 0.731. The maximum Gasteiger partial charge on any atom is 0.256 e. The smallest absolute Gasteiger partial charge is 0.256 e. The first-order valence-corrected chi connectivity index (χ1v) is 9.93. The molecular weight excluding hydrogens is 340 g/mol. The Labute approximate surface area is 161 Å². The van der Waals surface area contributed by atoms with Crippen LogP contribution in [0.5, 0.6) is 5.75 Å². The summed E-state index contributed by atoms with van der Waals surface area (Å²) in [5.74, 6) is 1.11. The average Bonchev–Trinajstić information content (AvgIpc) is 2.94. The number of benzene rings is 1. The van der Waals surface area contributed by atoms with Crippen molar-refractivity contribution in [2.24, 2.45) is 5.92 Å². The highest BCUT2D eigenvalue weighted by Crippen LogP contribution is 2.34. The molecule has 2 aromatic rings. The second-order valence-electron chi connectivity index (χ2n) is 7.78. The highest BCUT2D eigenvalue weighted by Gasteiger charge is 2.38. The Balaban J connectivity index is 1.88. The number of hydrogen-bond donors (Lipinski definition) is 1. The van der Waals surface area contributed by atoms with Gasteiger partial charge in [-0.1, -0.05) is 39.5 Å². The summed E-state index contributed by atoms with van der Waals surface area (Å²) in [7, 11) is 1.65. The number of anilines is 1. The maximum atomic E-state index is 13.1. The van der Waals surface area contributed by atoms with E-state index in [9.17, 15) is 4.79 Å². The van der Waals surface area contributed by atoms with E-state index in [-0.39, 0.29) is 5.91 Å². The minimum Gasteiger partial charge on any atom is -0.491 e. The Kier molecular flexibility index (Phi) is 6.32. The van der Waals surface area contributed by atoms with Gasteiger partial charge in [0, 0.05) is 18.7 Å². The van der Waals surface area contributed by atoms with Crippen LogP contribution in [0, 0.1) is 5.92 Å². The number of pyridine rings is 1. The summed E-state index contributed by atoms with van der Waals surface area (Å²) in [6.45, 7) is 4.85. The Morgan fingerprint density at radius 2 is 1.93 bits per heavy atom. The Bertz CT molecular complexity index is 780. The summed E-state index contributed by atoms with van der Waals surface area (Å²) in [5, 5.41) is 3.99. The monoisotopic (exact) mass is 370 g/mol. The molecule has 0 radical (unpaired) electrons. The number of carbonyl (C=O) groups excluding carboxylic acids is 1. The Morgan fingerprint density at radius 3 is 2.59 bits per heavy atom. The fourth-order valence-electron chi connectivity index (χ4n) is 3.69. The molecule has 1 aliphatic rings. The first-order valence-electron chi connectivity index (χ1n) is 9.93. The van der Waals surface area contributed by atoms with Crippen LogP contribution in [0.4, 0.5) is 5.69 Å². The molecule has 1 amide bonds. The van der Waals surface area contributed by atoms with E-state index >= 15 is 0 Å². The van der Waals surface area contributed by atoms with Crippen molar-refractivity contribution in [3.05, 3.63) is 30.5 Å². The SMILES string of the molecule is COC1(C(=O)Nc2ccc(OCC(C)C)c3ncccc23)CCCCCC1. The Hall–Kier alpha value is -2.14. The molecular formula is C22H30N2O3. The lowest BCUT2D eigenvalue weighted by molar-refractivity contribution is -0.139. The van der Waals surface area contributed by atoms with Gasteiger partial charge in [0.05, 0.1) is 12.3 Å². The lowest BCUT2D eigenvalue weighted by atomic mass is 9.93. The average molecular weight is 370 g/mol. The molecule has 0 bridgehead atoms. The molecule has 1 fully saturated rings. The van der Waals surface area contributed by atoms with Gasteiger partial charge in [0.1, 0.15) is 16.9 Å². The number of nitrogens with one attached hydrogen (secondary N) is 1. The van der Waals surface area contributed by atoms with E-state index in [0.29, 0.717) is 12.5 Å². The van der Waals surface area contributed by atoms with Crippen molar-refractivity contribution < 1.29 is 14.3 Å². The molecule has 146 valence electrons. The highest BCUT2D eigenvalue weighted by atomic mass is 16.5. The molecule has 0 atom stereocenters. The van der Waals surface area contributed by atoms with E-state index in [1.165, 1.54) is 0 Å². The molecule has 1 aromatic carbocycles. The third-order valence-corrected chi connectivity index (χ3v) is 5.27. The van der Waals surface area contributed by atoms with Crippen LogP contribution in [0.25, 0.3) is 10.9 Å². The van der Waals surface area contributed by atoms with E-state index in [2.05, 4.69) is 24.1 Å². The predicted octanol–water partition coefficient (Wildman–Crippen LogP) is 4.95. The maximum absolute atomic E-state index is 13.1. The summed E-state index contributed by atoms with van der Waals surface area (Å²) in [5.41, 5.74) is 0.779. The molecule has 1 saturated carbocycles. The number of carbonyl (C=O) groups is 1. The third-order valence-electron chi connectivity index (χ3n) is 5.27. The Morgan fingerprint density at radius 1 is 1.19 bits per heavy atom. The van der Waals surface area contributed by atoms with Gasteiger partial charge in [-0.25, -0.2) is 0 Å². The first-order chi connectivity index (χ1) is 13.1. The van der Waals surface area contributed by atoms with Crippen LogP contribution in [0.1, 0.15) is 52.4 Å². The van der Waals surface area contributed by atoms with Crippen molar-refractivity contribution in [3.63, 3.8) is 0 Å². The molecule has 1 heterocycles. The van der Waals surface area contributed by atoms with Gasteiger partial charge in [-0.2, -0.15) is 0 Å². The zero-order valence-electron chi connectivity index (χ0n) is 16.6. The third kappa shape index (κ3) is 4.41. The van der Waals surface area contributed by atoms with Gasteiger partial charge in [-0.3, -0.25) is 9.78 Å². The van der Waals surface area contributed by atoms with E-state index in [0.717, 1.165) is 60.9 Å². The number of rotatable bonds is 6. The molecule has 0 spiro atoms. The van der Waals surface area contributed by atoms with E-state index in [1.54, 1.807) is 13.3 Å². The first kappa shape index (κ1) is 19.6. The molecule has 1 aromatic heterocycles. The summed E-state index contributed by atoms with van der Waals surface area (Å²) in [6.07, 6.45) is 7.64. The summed E-state index contributed by atoms with van der Waals surface area (Å²) in [4.78, 5) is 17.6.